The predicted molar refractivity (Wildman–Crippen MR) is 144 cm³/mol. The number of hydrogen-bond donors (Lipinski definition) is 0. The van der Waals surface area contributed by atoms with E-state index in [-0.39, 0.29) is 23.3 Å². The minimum Gasteiger partial charge on any atom is -0.493 e. The summed E-state index contributed by atoms with van der Waals surface area (Å²) in [5.74, 6) is 0.312. The van der Waals surface area contributed by atoms with E-state index in [1.807, 2.05) is 20.8 Å². The molecule has 0 aliphatic carbocycles. The lowest BCUT2D eigenvalue weighted by Gasteiger charge is -2.20. The maximum Gasteiger partial charge on any atom is 0.329 e. The summed E-state index contributed by atoms with van der Waals surface area (Å²) in [7, 11) is -1.98. The first-order chi connectivity index (χ1) is 17.6. The number of benzene rings is 3. The Labute approximate surface area is 216 Å². The molecular formula is C28H31FN2O5S. The number of methoxy groups -OCH3 is 1. The van der Waals surface area contributed by atoms with Crippen molar-refractivity contribution in [3.63, 3.8) is 0 Å². The topological polar surface area (TPSA) is 79.5 Å². The molecule has 196 valence electrons. The highest BCUT2D eigenvalue weighted by molar-refractivity contribution is 7.90. The fourth-order valence-electron chi connectivity index (χ4n) is 4.68. The molecule has 4 aromatic rings. The molecule has 1 atom stereocenters. The standard InChI is InChI=1S/C28H31FN2O5S/c1-6-36-27-16-20(12-14-26(27)35-4)25(17-37(5,33)34)31-23-13-11-19(21-9-7-8-10-22(21)29)15-24(23)30(18(2)3)28(31)32/h7-16,18,25H,6,17H2,1-5H3/t25-/m1/s1. The van der Waals surface area contributed by atoms with Crippen molar-refractivity contribution in [1.82, 2.24) is 9.13 Å². The summed E-state index contributed by atoms with van der Waals surface area (Å²) in [4.78, 5) is 13.9. The Balaban J connectivity index is 2.00. The van der Waals surface area contributed by atoms with Crippen LogP contribution in [0.15, 0.2) is 65.5 Å². The minimum absolute atomic E-state index is 0.221. The Morgan fingerprint density at radius 3 is 2.30 bits per heavy atom. The number of fused-ring (bicyclic) bond motifs is 1. The van der Waals surface area contributed by atoms with Gasteiger partial charge in [0.25, 0.3) is 0 Å². The molecule has 0 saturated heterocycles. The van der Waals surface area contributed by atoms with E-state index in [4.69, 9.17) is 9.47 Å². The van der Waals surface area contributed by atoms with Crippen molar-refractivity contribution in [3.05, 3.63) is 82.5 Å². The Hall–Kier alpha value is -3.59. The monoisotopic (exact) mass is 526 g/mol. The molecule has 0 bridgehead atoms. The highest BCUT2D eigenvalue weighted by Crippen LogP contribution is 2.34. The molecule has 0 amide bonds. The van der Waals surface area contributed by atoms with Gasteiger partial charge >= 0.3 is 5.69 Å². The zero-order chi connectivity index (χ0) is 26.9. The van der Waals surface area contributed by atoms with Gasteiger partial charge in [0.15, 0.2) is 11.5 Å². The minimum atomic E-state index is -3.50. The van der Waals surface area contributed by atoms with Crippen molar-refractivity contribution in [2.45, 2.75) is 32.9 Å². The van der Waals surface area contributed by atoms with E-state index in [9.17, 15) is 17.6 Å². The average molecular weight is 527 g/mol. The molecule has 9 heteroatoms. The zero-order valence-electron chi connectivity index (χ0n) is 21.6. The van der Waals surface area contributed by atoms with Gasteiger partial charge in [0.1, 0.15) is 15.7 Å². The smallest absolute Gasteiger partial charge is 0.329 e. The van der Waals surface area contributed by atoms with Crippen LogP contribution in [-0.4, -0.2) is 43.3 Å². The van der Waals surface area contributed by atoms with Gasteiger partial charge in [-0.05, 0) is 62.2 Å². The summed E-state index contributed by atoms with van der Waals surface area (Å²) in [6.07, 6.45) is 1.15. The van der Waals surface area contributed by atoms with E-state index in [2.05, 4.69) is 0 Å². The van der Waals surface area contributed by atoms with E-state index >= 15 is 0 Å². The van der Waals surface area contributed by atoms with Gasteiger partial charge in [0.05, 0.1) is 36.5 Å². The fourth-order valence-corrected chi connectivity index (χ4v) is 5.60. The first-order valence-electron chi connectivity index (χ1n) is 12.1. The Kier molecular flexibility index (Phi) is 7.45. The molecule has 0 N–H and O–H groups in total. The highest BCUT2D eigenvalue weighted by atomic mass is 32.2. The van der Waals surface area contributed by atoms with Crippen LogP contribution in [0, 0.1) is 5.82 Å². The second-order valence-corrected chi connectivity index (χ2v) is 11.4. The second kappa shape index (κ2) is 10.4. The van der Waals surface area contributed by atoms with Crippen LogP contribution in [0.25, 0.3) is 22.2 Å². The summed E-state index contributed by atoms with van der Waals surface area (Å²) < 4.78 is 53.9. The van der Waals surface area contributed by atoms with Crippen LogP contribution in [0.1, 0.15) is 38.4 Å². The van der Waals surface area contributed by atoms with Crippen LogP contribution in [-0.2, 0) is 9.84 Å². The van der Waals surface area contributed by atoms with Gasteiger partial charge in [-0.2, -0.15) is 0 Å². The molecule has 0 radical (unpaired) electrons. The molecule has 0 aliphatic rings. The molecule has 0 unspecified atom stereocenters. The van der Waals surface area contributed by atoms with Crippen molar-refractivity contribution < 1.29 is 22.3 Å². The number of sulfone groups is 1. The van der Waals surface area contributed by atoms with E-state index < -0.39 is 15.9 Å². The Morgan fingerprint density at radius 1 is 0.946 bits per heavy atom. The van der Waals surface area contributed by atoms with Gasteiger partial charge in [-0.15, -0.1) is 0 Å². The highest BCUT2D eigenvalue weighted by Gasteiger charge is 2.27. The van der Waals surface area contributed by atoms with Crippen molar-refractivity contribution in [3.8, 4) is 22.6 Å². The molecule has 1 aromatic heterocycles. The summed E-state index contributed by atoms with van der Waals surface area (Å²) in [5.41, 5.74) is 2.44. The lowest BCUT2D eigenvalue weighted by molar-refractivity contribution is 0.310. The lowest BCUT2D eigenvalue weighted by atomic mass is 10.0. The van der Waals surface area contributed by atoms with E-state index in [0.717, 1.165) is 6.26 Å². The second-order valence-electron chi connectivity index (χ2n) is 9.25. The van der Waals surface area contributed by atoms with Crippen molar-refractivity contribution in [2.24, 2.45) is 0 Å². The fraction of sp³-hybridized carbons (Fsp3) is 0.321. The maximum absolute atomic E-state index is 14.6. The molecule has 3 aromatic carbocycles. The van der Waals surface area contributed by atoms with Crippen molar-refractivity contribution >= 4 is 20.9 Å². The number of nitrogens with zero attached hydrogens (tertiary/aromatic N) is 2. The van der Waals surface area contributed by atoms with Crippen LogP contribution in [0.2, 0.25) is 0 Å². The third-order valence-corrected chi connectivity index (χ3v) is 7.17. The number of aromatic nitrogens is 2. The quantitative estimate of drug-likeness (QED) is 0.298. The molecular weight excluding hydrogens is 495 g/mol. The largest absolute Gasteiger partial charge is 0.493 e. The van der Waals surface area contributed by atoms with Gasteiger partial charge in [-0.25, -0.2) is 17.6 Å². The first kappa shape index (κ1) is 26.5. The first-order valence-corrected chi connectivity index (χ1v) is 14.1. The van der Waals surface area contributed by atoms with Gasteiger partial charge in [0, 0.05) is 17.9 Å². The predicted octanol–water partition coefficient (Wildman–Crippen LogP) is 5.23. The number of imidazole rings is 1. The van der Waals surface area contributed by atoms with Gasteiger partial charge in [-0.1, -0.05) is 30.3 Å². The molecule has 1 heterocycles. The van der Waals surface area contributed by atoms with E-state index in [0.29, 0.717) is 45.8 Å². The molecule has 0 spiro atoms. The maximum atomic E-state index is 14.6. The molecule has 37 heavy (non-hydrogen) atoms. The average Bonchev–Trinajstić information content (AvgIpc) is 3.13. The van der Waals surface area contributed by atoms with E-state index in [1.165, 1.54) is 17.7 Å². The molecule has 0 saturated carbocycles. The van der Waals surface area contributed by atoms with Crippen molar-refractivity contribution in [1.29, 1.82) is 0 Å². The summed E-state index contributed by atoms with van der Waals surface area (Å²) in [6, 6.07) is 15.9. The third kappa shape index (κ3) is 5.27. The van der Waals surface area contributed by atoms with Gasteiger partial charge in [-0.3, -0.25) is 9.13 Å². The van der Waals surface area contributed by atoms with Crippen LogP contribution in [0.5, 0.6) is 11.5 Å². The molecule has 0 aliphatic heterocycles. The van der Waals surface area contributed by atoms with E-state index in [1.54, 1.807) is 59.2 Å². The number of hydrogen-bond acceptors (Lipinski definition) is 5. The number of ether oxygens (including phenoxy) is 2. The third-order valence-electron chi connectivity index (χ3n) is 6.25. The number of rotatable bonds is 9. The molecule has 0 fully saturated rings. The molecule has 4 rings (SSSR count). The summed E-state index contributed by atoms with van der Waals surface area (Å²) in [6.45, 7) is 6.00. The SMILES string of the molecule is CCOc1cc([C@@H](CS(C)(=O)=O)n2c(=O)n(C(C)C)c3cc(-c4ccccc4F)ccc32)ccc1OC. The summed E-state index contributed by atoms with van der Waals surface area (Å²) in [5, 5.41) is 0. The Morgan fingerprint density at radius 2 is 1.68 bits per heavy atom. The summed E-state index contributed by atoms with van der Waals surface area (Å²) >= 11 is 0. The van der Waals surface area contributed by atoms with Crippen LogP contribution in [0.3, 0.4) is 0 Å². The normalized spacial score (nSPS) is 12.7. The molecule has 7 nitrogen and oxygen atoms in total. The van der Waals surface area contributed by atoms with Crippen LogP contribution >= 0.6 is 0 Å². The van der Waals surface area contributed by atoms with Crippen LogP contribution < -0.4 is 15.2 Å². The van der Waals surface area contributed by atoms with Crippen LogP contribution in [0.4, 0.5) is 4.39 Å². The number of halogens is 1. The zero-order valence-corrected chi connectivity index (χ0v) is 22.4. The lowest BCUT2D eigenvalue weighted by Crippen LogP contribution is -2.32. The van der Waals surface area contributed by atoms with Gasteiger partial charge in [0.2, 0.25) is 0 Å². The van der Waals surface area contributed by atoms with Crippen molar-refractivity contribution in [2.75, 3.05) is 25.7 Å². The Bertz CT molecular complexity index is 1600. The van der Waals surface area contributed by atoms with Gasteiger partial charge < -0.3 is 9.47 Å².